The average molecular weight is 521 g/mol. The topological polar surface area (TPSA) is 66.9 Å². The van der Waals surface area contributed by atoms with Gasteiger partial charge in [0.25, 0.3) is 5.91 Å². The van der Waals surface area contributed by atoms with Crippen LogP contribution in [0.2, 0.25) is 0 Å². The molecule has 1 aliphatic heterocycles. The van der Waals surface area contributed by atoms with Crippen LogP contribution >= 0.6 is 0 Å². The van der Waals surface area contributed by atoms with Crippen LogP contribution in [0.15, 0.2) is 72.8 Å². The second-order valence-electron chi connectivity index (χ2n) is 9.28. The average Bonchev–Trinajstić information content (AvgIpc) is 2.93. The molecule has 0 bridgehead atoms. The summed E-state index contributed by atoms with van der Waals surface area (Å²) in [6.07, 6.45) is 1.37. The quantitative estimate of drug-likeness (QED) is 0.385. The lowest BCUT2D eigenvalue weighted by Gasteiger charge is -2.31. The third-order valence-electron chi connectivity index (χ3n) is 6.64. The number of amides is 2. The first-order valence-corrected chi connectivity index (χ1v) is 12.7. The van der Waals surface area contributed by atoms with E-state index in [2.05, 4.69) is 0 Å². The van der Waals surface area contributed by atoms with E-state index in [4.69, 9.17) is 4.74 Å². The van der Waals surface area contributed by atoms with Crippen LogP contribution < -0.4 is 4.90 Å². The lowest BCUT2D eigenvalue weighted by molar-refractivity contribution is -0.151. The van der Waals surface area contributed by atoms with E-state index in [9.17, 15) is 23.2 Å². The third-order valence-corrected chi connectivity index (χ3v) is 6.64. The summed E-state index contributed by atoms with van der Waals surface area (Å²) in [4.78, 5) is 41.4. The van der Waals surface area contributed by atoms with Crippen LogP contribution in [0, 0.1) is 17.6 Å². The summed E-state index contributed by atoms with van der Waals surface area (Å²) in [6, 6.07) is 18.4. The number of hydrogen-bond acceptors (Lipinski definition) is 4. The van der Waals surface area contributed by atoms with Crippen molar-refractivity contribution in [3.05, 3.63) is 101 Å². The Hall–Kier alpha value is -4.07. The SMILES string of the molecule is CCOC(=O)C1CCN(C(=O)Cc2ccc(N(Cc3ccc(F)cc3)C(=O)c3cccc(F)c3)cc2)CC1. The van der Waals surface area contributed by atoms with Gasteiger partial charge >= 0.3 is 5.97 Å². The van der Waals surface area contributed by atoms with E-state index < -0.39 is 11.7 Å². The van der Waals surface area contributed by atoms with Crippen molar-refractivity contribution < 1.29 is 27.9 Å². The fraction of sp³-hybridized carbons (Fsp3) is 0.300. The molecule has 4 rings (SSSR count). The molecule has 1 aliphatic rings. The minimum absolute atomic E-state index is 0.0286. The Bertz CT molecular complexity index is 1270. The molecule has 1 saturated heterocycles. The molecule has 0 spiro atoms. The number of carbonyl (C=O) groups excluding carboxylic acids is 3. The van der Waals surface area contributed by atoms with Gasteiger partial charge in [-0.05, 0) is 73.4 Å². The molecule has 0 unspecified atom stereocenters. The zero-order valence-corrected chi connectivity index (χ0v) is 21.2. The zero-order chi connectivity index (χ0) is 27.1. The lowest BCUT2D eigenvalue weighted by atomic mass is 9.96. The minimum atomic E-state index is -0.516. The van der Waals surface area contributed by atoms with Gasteiger partial charge in [-0.25, -0.2) is 8.78 Å². The molecular weight excluding hydrogens is 490 g/mol. The third kappa shape index (κ3) is 6.82. The van der Waals surface area contributed by atoms with Gasteiger partial charge in [0.2, 0.25) is 5.91 Å². The number of carbonyl (C=O) groups is 3. The van der Waals surface area contributed by atoms with Crippen molar-refractivity contribution in [2.75, 3.05) is 24.6 Å². The van der Waals surface area contributed by atoms with Crippen molar-refractivity contribution in [1.82, 2.24) is 4.90 Å². The van der Waals surface area contributed by atoms with Gasteiger partial charge in [-0.15, -0.1) is 0 Å². The number of nitrogens with zero attached hydrogens (tertiary/aromatic N) is 2. The fourth-order valence-electron chi connectivity index (χ4n) is 4.53. The Balaban J connectivity index is 1.45. The van der Waals surface area contributed by atoms with E-state index in [1.54, 1.807) is 54.3 Å². The number of benzene rings is 3. The maximum absolute atomic E-state index is 13.8. The molecule has 0 N–H and O–H groups in total. The number of halogens is 2. The summed E-state index contributed by atoms with van der Waals surface area (Å²) in [5.74, 6) is -1.69. The summed E-state index contributed by atoms with van der Waals surface area (Å²) >= 11 is 0. The van der Waals surface area contributed by atoms with Crippen molar-refractivity contribution in [2.45, 2.75) is 32.7 Å². The van der Waals surface area contributed by atoms with Gasteiger partial charge < -0.3 is 14.5 Å². The molecule has 0 radical (unpaired) electrons. The monoisotopic (exact) mass is 520 g/mol. The Kier molecular flexibility index (Phi) is 8.84. The molecule has 0 aliphatic carbocycles. The minimum Gasteiger partial charge on any atom is -0.466 e. The molecule has 3 aromatic rings. The van der Waals surface area contributed by atoms with Crippen LogP contribution in [0.25, 0.3) is 0 Å². The highest BCUT2D eigenvalue weighted by Crippen LogP contribution is 2.23. The molecule has 3 aromatic carbocycles. The van der Waals surface area contributed by atoms with Gasteiger partial charge in [0.1, 0.15) is 11.6 Å². The Morgan fingerprint density at radius 1 is 0.895 bits per heavy atom. The maximum atomic E-state index is 13.8. The van der Waals surface area contributed by atoms with E-state index >= 15 is 0 Å². The number of hydrogen-bond donors (Lipinski definition) is 0. The van der Waals surface area contributed by atoms with E-state index in [0.29, 0.717) is 43.8 Å². The summed E-state index contributed by atoms with van der Waals surface area (Å²) in [7, 11) is 0. The van der Waals surface area contributed by atoms with E-state index in [0.717, 1.165) is 5.56 Å². The number of esters is 1. The smallest absolute Gasteiger partial charge is 0.309 e. The number of piperidine rings is 1. The summed E-state index contributed by atoms with van der Waals surface area (Å²) < 4.78 is 32.3. The second-order valence-corrected chi connectivity index (χ2v) is 9.28. The van der Waals surface area contributed by atoms with Crippen molar-refractivity contribution in [3.63, 3.8) is 0 Å². The Morgan fingerprint density at radius 2 is 1.55 bits per heavy atom. The molecule has 0 atom stereocenters. The highest BCUT2D eigenvalue weighted by molar-refractivity contribution is 6.06. The van der Waals surface area contributed by atoms with E-state index in [1.165, 1.54) is 35.2 Å². The van der Waals surface area contributed by atoms with Crippen LogP contribution in [-0.4, -0.2) is 42.4 Å². The first-order valence-electron chi connectivity index (χ1n) is 12.7. The Morgan fingerprint density at radius 3 is 2.18 bits per heavy atom. The molecule has 38 heavy (non-hydrogen) atoms. The second kappa shape index (κ2) is 12.4. The van der Waals surface area contributed by atoms with Crippen LogP contribution in [-0.2, 0) is 27.3 Å². The highest BCUT2D eigenvalue weighted by Gasteiger charge is 2.28. The van der Waals surface area contributed by atoms with E-state index in [-0.39, 0.29) is 42.1 Å². The van der Waals surface area contributed by atoms with Crippen molar-refractivity contribution in [2.24, 2.45) is 5.92 Å². The highest BCUT2D eigenvalue weighted by atomic mass is 19.1. The summed E-state index contributed by atoms with van der Waals surface area (Å²) in [5.41, 5.74) is 2.25. The predicted octanol–water partition coefficient (Wildman–Crippen LogP) is 5.16. The van der Waals surface area contributed by atoms with Gasteiger partial charge in [0.05, 0.1) is 25.5 Å². The molecule has 6 nitrogen and oxygen atoms in total. The van der Waals surface area contributed by atoms with Gasteiger partial charge in [0.15, 0.2) is 0 Å². The molecular formula is C30H30F2N2O4. The van der Waals surface area contributed by atoms with E-state index in [1.807, 2.05) is 0 Å². The molecule has 2 amide bonds. The largest absolute Gasteiger partial charge is 0.466 e. The number of rotatable bonds is 8. The molecule has 0 saturated carbocycles. The van der Waals surface area contributed by atoms with Crippen molar-refractivity contribution in [3.8, 4) is 0 Å². The van der Waals surface area contributed by atoms with Crippen LogP contribution in [0.3, 0.4) is 0 Å². The van der Waals surface area contributed by atoms with Crippen LogP contribution in [0.4, 0.5) is 14.5 Å². The standard InChI is InChI=1S/C30H30F2N2O4/c1-2-38-30(37)23-14-16-33(17-15-23)28(35)18-21-8-12-27(13-9-21)34(20-22-6-10-25(31)11-7-22)29(36)24-4-3-5-26(32)19-24/h3-13,19,23H,2,14-18,20H2,1H3. The van der Waals surface area contributed by atoms with Crippen LogP contribution in [0.5, 0.6) is 0 Å². The predicted molar refractivity (Wildman–Crippen MR) is 139 cm³/mol. The van der Waals surface area contributed by atoms with Gasteiger partial charge in [-0.3, -0.25) is 14.4 Å². The first-order chi connectivity index (χ1) is 18.3. The lowest BCUT2D eigenvalue weighted by Crippen LogP contribution is -2.41. The Labute approximate surface area is 220 Å². The zero-order valence-electron chi connectivity index (χ0n) is 21.2. The van der Waals surface area contributed by atoms with Crippen molar-refractivity contribution in [1.29, 1.82) is 0 Å². The number of ether oxygens (including phenoxy) is 1. The van der Waals surface area contributed by atoms with Crippen molar-refractivity contribution >= 4 is 23.5 Å². The number of anilines is 1. The summed E-state index contributed by atoms with van der Waals surface area (Å²) in [5, 5.41) is 0. The van der Waals surface area contributed by atoms with Gasteiger partial charge in [-0.2, -0.15) is 0 Å². The summed E-state index contributed by atoms with van der Waals surface area (Å²) in [6.45, 7) is 3.30. The molecule has 1 fully saturated rings. The molecule has 8 heteroatoms. The normalized spacial score (nSPS) is 13.7. The fourth-order valence-corrected chi connectivity index (χ4v) is 4.53. The van der Waals surface area contributed by atoms with Crippen LogP contribution in [0.1, 0.15) is 41.3 Å². The molecule has 0 aromatic heterocycles. The maximum Gasteiger partial charge on any atom is 0.309 e. The number of likely N-dealkylation sites (tertiary alicyclic amines) is 1. The molecule has 198 valence electrons. The van der Waals surface area contributed by atoms with Gasteiger partial charge in [0, 0.05) is 24.3 Å². The van der Waals surface area contributed by atoms with Gasteiger partial charge in [-0.1, -0.05) is 30.3 Å². The molecule has 1 heterocycles. The first kappa shape index (κ1) is 27.0.